The number of alkyl halides is 2. The summed E-state index contributed by atoms with van der Waals surface area (Å²) in [6.45, 7) is 2.43. The van der Waals surface area contributed by atoms with E-state index in [2.05, 4.69) is 15.4 Å². The standard InChI is InChI=1S/C23H30F3N3O4S/c1-13(2)28-19-10-14(21(30)29-23(3)8-9-34(31,32)12-23)4-6-16(19)20(27)17-11-15(33-22(25)26)5-7-18(17)24/h5,7,11,13-14,22,27-28H,4,6,8-10,12H2,1-3H3,(H,29,30)/t14-,23-/m1/s1. The maximum absolute atomic E-state index is 14.5. The predicted molar refractivity (Wildman–Crippen MR) is 122 cm³/mol. The van der Waals surface area contributed by atoms with Crippen molar-refractivity contribution in [1.29, 1.82) is 5.41 Å². The normalized spacial score (nSPS) is 24.4. The highest BCUT2D eigenvalue weighted by molar-refractivity contribution is 7.91. The first-order valence-electron chi connectivity index (χ1n) is 11.1. The van der Waals surface area contributed by atoms with Gasteiger partial charge in [-0.2, -0.15) is 8.78 Å². The molecule has 0 aromatic heterocycles. The van der Waals surface area contributed by atoms with E-state index in [0.717, 1.165) is 18.2 Å². The summed E-state index contributed by atoms with van der Waals surface area (Å²) in [7, 11) is -3.18. The van der Waals surface area contributed by atoms with E-state index in [9.17, 15) is 26.4 Å². The third-order valence-corrected chi connectivity index (χ3v) is 7.96. The summed E-state index contributed by atoms with van der Waals surface area (Å²) in [6.07, 6.45) is 1.29. The van der Waals surface area contributed by atoms with Crippen molar-refractivity contribution >= 4 is 21.5 Å². The minimum atomic E-state index is -3.18. The topological polar surface area (TPSA) is 108 Å². The second-order valence-corrected chi connectivity index (χ2v) is 11.7. The molecule has 1 aliphatic carbocycles. The Balaban J connectivity index is 1.83. The number of hydrogen-bond acceptors (Lipinski definition) is 6. The molecule has 1 aromatic rings. The lowest BCUT2D eigenvalue weighted by Gasteiger charge is -2.32. The molecule has 1 heterocycles. The van der Waals surface area contributed by atoms with Gasteiger partial charge in [-0.3, -0.25) is 10.2 Å². The lowest BCUT2D eigenvalue weighted by atomic mass is 9.82. The second-order valence-electron chi connectivity index (χ2n) is 9.48. The fourth-order valence-corrected chi connectivity index (χ4v) is 6.57. The van der Waals surface area contributed by atoms with Gasteiger partial charge in [0.2, 0.25) is 5.91 Å². The van der Waals surface area contributed by atoms with Gasteiger partial charge in [0, 0.05) is 23.2 Å². The van der Waals surface area contributed by atoms with E-state index < -0.39 is 33.7 Å². The van der Waals surface area contributed by atoms with Gasteiger partial charge >= 0.3 is 6.61 Å². The van der Waals surface area contributed by atoms with Gasteiger partial charge in [0.25, 0.3) is 0 Å². The zero-order valence-corrected chi connectivity index (χ0v) is 20.2. The van der Waals surface area contributed by atoms with Crippen LogP contribution in [0.1, 0.15) is 52.0 Å². The predicted octanol–water partition coefficient (Wildman–Crippen LogP) is 3.54. The van der Waals surface area contributed by atoms with Crippen LogP contribution in [0.5, 0.6) is 5.75 Å². The molecule has 1 saturated heterocycles. The SMILES string of the molecule is CC(C)NC1=C(C(=N)c2cc(OC(F)F)ccc2F)CC[C@@H](C(=O)N[C@]2(C)CCS(=O)(=O)C2)C1. The molecule has 0 radical (unpaired) electrons. The fourth-order valence-electron chi connectivity index (χ4n) is 4.48. The highest BCUT2D eigenvalue weighted by Crippen LogP contribution is 2.33. The Kier molecular flexibility index (Phi) is 7.64. The third kappa shape index (κ3) is 6.31. The average Bonchev–Trinajstić information content (AvgIpc) is 3.00. The Morgan fingerprint density at radius 2 is 2.00 bits per heavy atom. The van der Waals surface area contributed by atoms with Gasteiger partial charge in [-0.05, 0) is 70.2 Å². The van der Waals surface area contributed by atoms with E-state index in [1.54, 1.807) is 6.92 Å². The molecule has 11 heteroatoms. The van der Waals surface area contributed by atoms with Crippen molar-refractivity contribution in [2.45, 2.75) is 64.6 Å². The quantitative estimate of drug-likeness (QED) is 0.472. The summed E-state index contributed by atoms with van der Waals surface area (Å²) in [4.78, 5) is 13.0. The van der Waals surface area contributed by atoms with Crippen molar-refractivity contribution in [3.05, 3.63) is 40.8 Å². The van der Waals surface area contributed by atoms with Crippen LogP contribution in [0.2, 0.25) is 0 Å². The lowest BCUT2D eigenvalue weighted by molar-refractivity contribution is -0.126. The summed E-state index contributed by atoms with van der Waals surface area (Å²) in [6, 6.07) is 3.10. The number of allylic oxidation sites excluding steroid dienone is 2. The summed E-state index contributed by atoms with van der Waals surface area (Å²) in [5.74, 6) is -1.75. The number of hydrogen-bond donors (Lipinski definition) is 3. The van der Waals surface area contributed by atoms with Crippen molar-refractivity contribution < 1.29 is 31.1 Å². The lowest BCUT2D eigenvalue weighted by Crippen LogP contribution is -2.50. The molecule has 0 saturated carbocycles. The van der Waals surface area contributed by atoms with E-state index in [1.165, 1.54) is 0 Å². The number of benzene rings is 1. The first kappa shape index (κ1) is 26.1. The van der Waals surface area contributed by atoms with Crippen molar-refractivity contribution in [3.63, 3.8) is 0 Å². The molecule has 1 fully saturated rings. The number of nitrogens with one attached hydrogen (secondary N) is 3. The molecule has 0 unspecified atom stereocenters. The number of rotatable bonds is 8. The molecular weight excluding hydrogens is 471 g/mol. The Labute approximate surface area is 197 Å². The Hall–Kier alpha value is -2.56. The van der Waals surface area contributed by atoms with Crippen molar-refractivity contribution in [1.82, 2.24) is 10.6 Å². The molecule has 0 bridgehead atoms. The van der Waals surface area contributed by atoms with Crippen LogP contribution < -0.4 is 15.4 Å². The molecule has 1 aliphatic heterocycles. The van der Waals surface area contributed by atoms with Crippen molar-refractivity contribution in [3.8, 4) is 5.75 Å². The molecular formula is C23H30F3N3O4S. The molecule has 2 aliphatic rings. The first-order chi connectivity index (χ1) is 15.8. The monoisotopic (exact) mass is 501 g/mol. The van der Waals surface area contributed by atoms with Gasteiger partial charge in [-0.25, -0.2) is 12.8 Å². The molecule has 3 rings (SSSR count). The molecule has 7 nitrogen and oxygen atoms in total. The average molecular weight is 502 g/mol. The number of halogens is 3. The maximum atomic E-state index is 14.5. The molecule has 34 heavy (non-hydrogen) atoms. The van der Waals surface area contributed by atoms with Gasteiger partial charge in [0.05, 0.1) is 22.8 Å². The fraction of sp³-hybridized carbons (Fsp3) is 0.565. The van der Waals surface area contributed by atoms with Gasteiger partial charge in [0.15, 0.2) is 9.84 Å². The van der Waals surface area contributed by atoms with Crippen LogP contribution in [0, 0.1) is 17.1 Å². The molecule has 188 valence electrons. The maximum Gasteiger partial charge on any atom is 0.387 e. The third-order valence-electron chi connectivity index (χ3n) is 6.05. The van der Waals surface area contributed by atoms with E-state index >= 15 is 0 Å². The van der Waals surface area contributed by atoms with E-state index in [-0.39, 0.29) is 46.9 Å². The van der Waals surface area contributed by atoms with Crippen LogP contribution in [0.15, 0.2) is 29.5 Å². The summed E-state index contributed by atoms with van der Waals surface area (Å²) in [5.41, 5.74) is -0.0291. The zero-order valence-electron chi connectivity index (χ0n) is 19.4. The molecule has 1 amide bonds. The summed E-state index contributed by atoms with van der Waals surface area (Å²) >= 11 is 0. The number of sulfone groups is 1. The number of carbonyl (C=O) groups excluding carboxylic acids is 1. The van der Waals surface area contributed by atoms with E-state index in [4.69, 9.17) is 5.41 Å². The minimum absolute atomic E-state index is 0.0320. The van der Waals surface area contributed by atoms with Crippen LogP contribution >= 0.6 is 0 Å². The molecule has 3 N–H and O–H groups in total. The molecule has 0 spiro atoms. The van der Waals surface area contributed by atoms with Crippen LogP contribution in [0.3, 0.4) is 0 Å². The van der Waals surface area contributed by atoms with E-state index in [1.807, 2.05) is 13.8 Å². The van der Waals surface area contributed by atoms with Crippen LogP contribution in [0.4, 0.5) is 13.2 Å². The van der Waals surface area contributed by atoms with Gasteiger partial charge in [0.1, 0.15) is 11.6 Å². The molecule has 2 atom stereocenters. The minimum Gasteiger partial charge on any atom is -0.435 e. The van der Waals surface area contributed by atoms with Gasteiger partial charge in [-0.1, -0.05) is 0 Å². The largest absolute Gasteiger partial charge is 0.435 e. The Morgan fingerprint density at radius 3 is 2.59 bits per heavy atom. The zero-order chi connectivity index (χ0) is 25.3. The number of carbonyl (C=O) groups is 1. The smallest absolute Gasteiger partial charge is 0.387 e. The Bertz CT molecular complexity index is 1100. The van der Waals surface area contributed by atoms with Crippen LogP contribution in [-0.4, -0.2) is 49.7 Å². The van der Waals surface area contributed by atoms with Crippen molar-refractivity contribution in [2.24, 2.45) is 5.92 Å². The molecule has 1 aromatic carbocycles. The van der Waals surface area contributed by atoms with Crippen LogP contribution in [0.25, 0.3) is 0 Å². The van der Waals surface area contributed by atoms with Gasteiger partial charge in [-0.15, -0.1) is 0 Å². The van der Waals surface area contributed by atoms with Gasteiger partial charge < -0.3 is 15.4 Å². The second kappa shape index (κ2) is 9.97. The number of ether oxygens (including phenoxy) is 1. The van der Waals surface area contributed by atoms with Crippen LogP contribution in [-0.2, 0) is 14.6 Å². The van der Waals surface area contributed by atoms with E-state index in [0.29, 0.717) is 30.5 Å². The summed E-state index contributed by atoms with van der Waals surface area (Å²) in [5, 5.41) is 14.7. The highest BCUT2D eigenvalue weighted by Gasteiger charge is 2.41. The number of amides is 1. The first-order valence-corrected chi connectivity index (χ1v) is 13.0. The highest BCUT2D eigenvalue weighted by atomic mass is 32.2. The summed E-state index contributed by atoms with van der Waals surface area (Å²) < 4.78 is 67.8. The van der Waals surface area contributed by atoms with Crippen molar-refractivity contribution in [2.75, 3.05) is 11.5 Å². The Morgan fingerprint density at radius 1 is 1.29 bits per heavy atom.